The molecule has 0 unspecified atom stereocenters. The number of halogens is 1. The summed E-state index contributed by atoms with van der Waals surface area (Å²) < 4.78 is 5.82. The lowest BCUT2D eigenvalue weighted by molar-refractivity contribution is -0.114. The van der Waals surface area contributed by atoms with Crippen molar-refractivity contribution >= 4 is 51.4 Å². The van der Waals surface area contributed by atoms with Gasteiger partial charge in [-0.05, 0) is 67.1 Å². The summed E-state index contributed by atoms with van der Waals surface area (Å²) in [5, 5.41) is 16.2. The Bertz CT molecular complexity index is 1040. The van der Waals surface area contributed by atoms with Crippen molar-refractivity contribution in [1.29, 1.82) is 5.41 Å². The standard InChI is InChI=1S/C20H17ClN4O2S/c1-2-3-4-17-24-25-18(22)15(19(26)23-20(25)28-17)11-14-9-10-16(27-14)12-5-7-13(21)8-6-12/h5-11,22H,2-4H2,1H3/b15-11-,22-18?. The fourth-order valence-corrected chi connectivity index (χ4v) is 3.86. The second-order valence-corrected chi connectivity index (χ2v) is 7.80. The van der Waals surface area contributed by atoms with E-state index in [0.717, 1.165) is 29.9 Å². The maximum Gasteiger partial charge on any atom is 0.283 e. The van der Waals surface area contributed by atoms with Gasteiger partial charge in [0.1, 0.15) is 16.6 Å². The third kappa shape index (κ3) is 3.68. The van der Waals surface area contributed by atoms with Gasteiger partial charge in [-0.3, -0.25) is 10.2 Å². The molecule has 3 heterocycles. The number of hydrogen-bond donors (Lipinski definition) is 1. The molecule has 0 atom stereocenters. The zero-order valence-corrected chi connectivity index (χ0v) is 16.7. The van der Waals surface area contributed by atoms with Crippen LogP contribution in [-0.4, -0.2) is 27.0 Å². The Hall–Kier alpha value is -2.64. The molecule has 0 bridgehead atoms. The van der Waals surface area contributed by atoms with Crippen LogP contribution in [0.3, 0.4) is 0 Å². The van der Waals surface area contributed by atoms with Crippen LogP contribution in [0.1, 0.15) is 31.9 Å². The minimum atomic E-state index is -0.458. The molecule has 28 heavy (non-hydrogen) atoms. The van der Waals surface area contributed by atoms with Crippen LogP contribution in [0.25, 0.3) is 17.4 Å². The summed E-state index contributed by atoms with van der Waals surface area (Å²) in [5.74, 6) is 0.677. The van der Waals surface area contributed by atoms with E-state index in [1.807, 2.05) is 18.2 Å². The normalized spacial score (nSPS) is 17.8. The quantitative estimate of drug-likeness (QED) is 0.665. The smallest absolute Gasteiger partial charge is 0.283 e. The number of nitrogens with one attached hydrogen (secondary N) is 1. The molecular weight excluding hydrogens is 396 g/mol. The van der Waals surface area contributed by atoms with E-state index in [-0.39, 0.29) is 11.4 Å². The molecular formula is C20H17ClN4O2S. The number of hydrazone groups is 1. The van der Waals surface area contributed by atoms with Gasteiger partial charge < -0.3 is 4.42 Å². The number of aliphatic imine (C=N–C) groups is 1. The Morgan fingerprint density at radius 2 is 2.04 bits per heavy atom. The van der Waals surface area contributed by atoms with Crippen LogP contribution in [0.15, 0.2) is 56.5 Å². The summed E-state index contributed by atoms with van der Waals surface area (Å²) >= 11 is 7.27. The first-order valence-corrected chi connectivity index (χ1v) is 10.1. The SMILES string of the molecule is CCCCC1=NN2C(=N)/C(=C/c3ccc(-c4ccc(Cl)cc4)o3)C(=O)N=C2S1. The van der Waals surface area contributed by atoms with Crippen molar-refractivity contribution in [2.45, 2.75) is 26.2 Å². The summed E-state index contributed by atoms with van der Waals surface area (Å²) in [6, 6.07) is 10.9. The van der Waals surface area contributed by atoms with Crippen LogP contribution in [0.2, 0.25) is 5.02 Å². The lowest BCUT2D eigenvalue weighted by Crippen LogP contribution is -2.35. The average Bonchev–Trinajstić information content (AvgIpc) is 3.31. The highest BCUT2D eigenvalue weighted by Crippen LogP contribution is 2.31. The molecule has 8 heteroatoms. The highest BCUT2D eigenvalue weighted by molar-refractivity contribution is 8.26. The highest BCUT2D eigenvalue weighted by atomic mass is 35.5. The fourth-order valence-electron chi connectivity index (χ4n) is 2.80. The van der Waals surface area contributed by atoms with E-state index in [9.17, 15) is 4.79 Å². The van der Waals surface area contributed by atoms with E-state index in [1.165, 1.54) is 22.8 Å². The predicted molar refractivity (Wildman–Crippen MR) is 114 cm³/mol. The van der Waals surface area contributed by atoms with Gasteiger partial charge >= 0.3 is 0 Å². The molecule has 0 saturated heterocycles. The number of thioether (sulfide) groups is 1. The molecule has 1 N–H and O–H groups in total. The summed E-state index contributed by atoms with van der Waals surface area (Å²) in [5.41, 5.74) is 1.03. The number of rotatable bonds is 5. The molecule has 2 aliphatic rings. The number of benzene rings is 1. The molecule has 1 amide bonds. The Morgan fingerprint density at radius 3 is 2.79 bits per heavy atom. The van der Waals surface area contributed by atoms with Crippen molar-refractivity contribution in [3.05, 3.63) is 52.8 Å². The monoisotopic (exact) mass is 412 g/mol. The van der Waals surface area contributed by atoms with Crippen LogP contribution < -0.4 is 0 Å². The lowest BCUT2D eigenvalue weighted by Gasteiger charge is -2.19. The van der Waals surface area contributed by atoms with Gasteiger partial charge in [-0.1, -0.05) is 24.9 Å². The Labute approximate surface area is 171 Å². The molecule has 2 aliphatic heterocycles. The highest BCUT2D eigenvalue weighted by Gasteiger charge is 2.35. The van der Waals surface area contributed by atoms with Gasteiger partial charge in [0, 0.05) is 10.6 Å². The average molecular weight is 413 g/mol. The van der Waals surface area contributed by atoms with Crippen LogP contribution in [0.5, 0.6) is 0 Å². The maximum absolute atomic E-state index is 12.4. The van der Waals surface area contributed by atoms with E-state index in [0.29, 0.717) is 21.7 Å². The zero-order chi connectivity index (χ0) is 19.7. The second kappa shape index (κ2) is 7.77. The number of fused-ring (bicyclic) bond motifs is 1. The molecule has 0 spiro atoms. The molecule has 0 saturated carbocycles. The van der Waals surface area contributed by atoms with Crippen molar-refractivity contribution in [1.82, 2.24) is 5.01 Å². The first-order valence-electron chi connectivity index (χ1n) is 8.90. The Morgan fingerprint density at radius 1 is 1.25 bits per heavy atom. The van der Waals surface area contributed by atoms with Crippen molar-refractivity contribution < 1.29 is 9.21 Å². The van der Waals surface area contributed by atoms with Crippen LogP contribution in [0, 0.1) is 5.41 Å². The van der Waals surface area contributed by atoms with E-state index in [2.05, 4.69) is 17.0 Å². The molecule has 142 valence electrons. The third-order valence-electron chi connectivity index (χ3n) is 4.28. The van der Waals surface area contributed by atoms with Gasteiger partial charge in [-0.2, -0.15) is 15.1 Å². The first kappa shape index (κ1) is 18.7. The number of carbonyl (C=O) groups excluding carboxylic acids is 1. The molecule has 1 aromatic heterocycles. The number of amides is 1. The van der Waals surface area contributed by atoms with E-state index in [4.69, 9.17) is 21.4 Å². The molecule has 1 aromatic carbocycles. The zero-order valence-electron chi connectivity index (χ0n) is 15.1. The van der Waals surface area contributed by atoms with Crippen LogP contribution in [0.4, 0.5) is 0 Å². The topological polar surface area (TPSA) is 82.0 Å². The summed E-state index contributed by atoms with van der Waals surface area (Å²) in [7, 11) is 0. The van der Waals surface area contributed by atoms with Crippen molar-refractivity contribution in [3.63, 3.8) is 0 Å². The molecule has 6 nitrogen and oxygen atoms in total. The molecule has 0 aliphatic carbocycles. The van der Waals surface area contributed by atoms with E-state index < -0.39 is 5.91 Å². The summed E-state index contributed by atoms with van der Waals surface area (Å²) in [6.45, 7) is 2.11. The van der Waals surface area contributed by atoms with Gasteiger partial charge in [0.2, 0.25) is 5.17 Å². The number of furan rings is 1. The lowest BCUT2D eigenvalue weighted by atomic mass is 10.1. The fraction of sp³-hybridized carbons (Fsp3) is 0.200. The maximum atomic E-state index is 12.4. The van der Waals surface area contributed by atoms with Gasteiger partial charge in [0.15, 0.2) is 5.84 Å². The summed E-state index contributed by atoms with van der Waals surface area (Å²) in [4.78, 5) is 16.5. The molecule has 2 aromatic rings. The van der Waals surface area contributed by atoms with E-state index in [1.54, 1.807) is 18.2 Å². The Balaban J connectivity index is 1.59. The number of hydrogen-bond acceptors (Lipinski definition) is 5. The van der Waals surface area contributed by atoms with E-state index >= 15 is 0 Å². The van der Waals surface area contributed by atoms with Gasteiger partial charge in [0.05, 0.1) is 5.57 Å². The second-order valence-electron chi connectivity index (χ2n) is 6.33. The van der Waals surface area contributed by atoms with Crippen molar-refractivity contribution in [3.8, 4) is 11.3 Å². The third-order valence-corrected chi connectivity index (χ3v) is 5.50. The number of nitrogens with zero attached hydrogens (tertiary/aromatic N) is 3. The molecule has 0 fully saturated rings. The molecule has 4 rings (SSSR count). The van der Waals surface area contributed by atoms with Gasteiger partial charge in [-0.15, -0.1) is 0 Å². The predicted octanol–water partition coefficient (Wildman–Crippen LogP) is 5.41. The summed E-state index contributed by atoms with van der Waals surface area (Å²) in [6.07, 6.45) is 4.42. The number of carbonyl (C=O) groups is 1. The number of amidine groups is 2. The van der Waals surface area contributed by atoms with Crippen molar-refractivity contribution in [2.24, 2.45) is 10.1 Å². The largest absolute Gasteiger partial charge is 0.457 e. The van der Waals surface area contributed by atoms with Gasteiger partial charge in [0.25, 0.3) is 5.91 Å². The number of unbranched alkanes of at least 4 members (excludes halogenated alkanes) is 1. The first-order chi connectivity index (χ1) is 13.5. The minimum Gasteiger partial charge on any atom is -0.457 e. The van der Waals surface area contributed by atoms with Gasteiger partial charge in [-0.25, -0.2) is 0 Å². The van der Waals surface area contributed by atoms with Crippen molar-refractivity contribution in [2.75, 3.05) is 0 Å². The Kier molecular flexibility index (Phi) is 5.19. The minimum absolute atomic E-state index is 0.0124. The molecule has 0 radical (unpaired) electrons. The van der Waals surface area contributed by atoms with Crippen LogP contribution >= 0.6 is 23.4 Å². The van der Waals surface area contributed by atoms with Crippen LogP contribution in [-0.2, 0) is 4.79 Å².